The monoisotopic (exact) mass is 219 g/mol. The van der Waals surface area contributed by atoms with Gasteiger partial charge in [0.15, 0.2) is 0 Å². The number of fused-ring (bicyclic) bond motifs is 1. The minimum Gasteiger partial charge on any atom is -0.386 e. The second-order valence-corrected chi connectivity index (χ2v) is 5.34. The summed E-state index contributed by atoms with van der Waals surface area (Å²) in [4.78, 5) is 2.36. The van der Waals surface area contributed by atoms with Crippen molar-refractivity contribution >= 4 is 0 Å². The van der Waals surface area contributed by atoms with Gasteiger partial charge in [0, 0.05) is 12.6 Å². The molecule has 1 aromatic carbocycles. The molecule has 1 unspecified atom stereocenters. The van der Waals surface area contributed by atoms with Crippen LogP contribution >= 0.6 is 0 Å². The molecule has 1 aliphatic rings. The number of nitrogens with zero attached hydrogens (tertiary/aromatic N) is 1. The molecule has 2 nitrogen and oxygen atoms in total. The molecule has 0 amide bonds. The van der Waals surface area contributed by atoms with Crippen LogP contribution in [-0.2, 0) is 12.0 Å². The Morgan fingerprint density at radius 1 is 1.38 bits per heavy atom. The van der Waals surface area contributed by atoms with Gasteiger partial charge >= 0.3 is 0 Å². The van der Waals surface area contributed by atoms with E-state index in [1.54, 1.807) is 0 Å². The summed E-state index contributed by atoms with van der Waals surface area (Å²) in [5.74, 6) is 0. The van der Waals surface area contributed by atoms with Crippen LogP contribution in [0.3, 0.4) is 0 Å². The summed E-state index contributed by atoms with van der Waals surface area (Å²) in [7, 11) is 2.16. The van der Waals surface area contributed by atoms with Gasteiger partial charge in [-0.3, -0.25) is 4.90 Å². The SMILES string of the molecule is CC1c2cccc(C(C)(C)O)c2CCN1C. The summed E-state index contributed by atoms with van der Waals surface area (Å²) in [6, 6.07) is 6.75. The van der Waals surface area contributed by atoms with Gasteiger partial charge in [0.25, 0.3) is 0 Å². The Morgan fingerprint density at radius 3 is 2.69 bits per heavy atom. The minimum atomic E-state index is -0.735. The molecule has 0 fully saturated rings. The van der Waals surface area contributed by atoms with E-state index in [-0.39, 0.29) is 0 Å². The lowest BCUT2D eigenvalue weighted by Gasteiger charge is -2.35. The fraction of sp³-hybridized carbons (Fsp3) is 0.571. The second-order valence-electron chi connectivity index (χ2n) is 5.34. The number of hydrogen-bond donors (Lipinski definition) is 1. The zero-order valence-corrected chi connectivity index (χ0v) is 10.6. The van der Waals surface area contributed by atoms with Crippen LogP contribution in [0.15, 0.2) is 18.2 Å². The molecule has 2 rings (SSSR count). The summed E-state index contributed by atoms with van der Waals surface area (Å²) < 4.78 is 0. The van der Waals surface area contributed by atoms with Crippen molar-refractivity contribution in [1.82, 2.24) is 4.90 Å². The first-order chi connectivity index (χ1) is 7.41. The molecule has 1 aliphatic heterocycles. The third-order valence-corrected chi connectivity index (χ3v) is 3.70. The van der Waals surface area contributed by atoms with E-state index in [1.807, 2.05) is 13.8 Å². The molecule has 0 spiro atoms. The third-order valence-electron chi connectivity index (χ3n) is 3.70. The molecule has 0 aliphatic carbocycles. The van der Waals surface area contributed by atoms with E-state index < -0.39 is 5.60 Å². The van der Waals surface area contributed by atoms with Crippen LogP contribution in [0.2, 0.25) is 0 Å². The van der Waals surface area contributed by atoms with Gasteiger partial charge in [-0.05, 0) is 50.9 Å². The van der Waals surface area contributed by atoms with Crippen LogP contribution in [0.1, 0.15) is 43.5 Å². The quantitative estimate of drug-likeness (QED) is 0.784. The average molecular weight is 219 g/mol. The zero-order chi connectivity index (χ0) is 11.9. The molecular weight excluding hydrogens is 198 g/mol. The van der Waals surface area contributed by atoms with E-state index in [2.05, 4.69) is 37.1 Å². The summed E-state index contributed by atoms with van der Waals surface area (Å²) in [6.07, 6.45) is 1.04. The molecule has 2 heteroatoms. The van der Waals surface area contributed by atoms with Crippen LogP contribution in [0, 0.1) is 0 Å². The lowest BCUT2D eigenvalue weighted by atomic mass is 9.84. The molecule has 0 aromatic heterocycles. The smallest absolute Gasteiger partial charge is 0.0843 e. The molecule has 0 bridgehead atoms. The van der Waals surface area contributed by atoms with Crippen molar-refractivity contribution in [2.24, 2.45) is 0 Å². The Bertz CT molecular complexity index is 392. The third kappa shape index (κ3) is 1.87. The summed E-state index contributed by atoms with van der Waals surface area (Å²) >= 11 is 0. The Labute approximate surface area is 97.9 Å². The van der Waals surface area contributed by atoms with Crippen LogP contribution in [0.4, 0.5) is 0 Å². The largest absolute Gasteiger partial charge is 0.386 e. The lowest BCUT2D eigenvalue weighted by molar-refractivity contribution is 0.0766. The predicted molar refractivity (Wildman–Crippen MR) is 66.4 cm³/mol. The molecule has 1 atom stereocenters. The van der Waals surface area contributed by atoms with Crippen LogP contribution in [-0.4, -0.2) is 23.6 Å². The van der Waals surface area contributed by atoms with E-state index in [9.17, 15) is 5.11 Å². The van der Waals surface area contributed by atoms with E-state index in [4.69, 9.17) is 0 Å². The molecule has 1 aromatic rings. The molecule has 0 saturated carbocycles. The standard InChI is InChI=1S/C14H21NO/c1-10-11-6-5-7-13(14(2,3)16)12(11)8-9-15(10)4/h5-7,10,16H,8-9H2,1-4H3. The Kier molecular flexibility index (Phi) is 2.81. The molecule has 1 heterocycles. The molecule has 1 N–H and O–H groups in total. The van der Waals surface area contributed by atoms with Gasteiger partial charge in [0.05, 0.1) is 5.60 Å². The number of rotatable bonds is 1. The summed E-state index contributed by atoms with van der Waals surface area (Å²) in [5, 5.41) is 10.2. The predicted octanol–water partition coefficient (Wildman–Crippen LogP) is 2.46. The van der Waals surface area contributed by atoms with Gasteiger partial charge in [-0.2, -0.15) is 0 Å². The second kappa shape index (κ2) is 3.86. The molecular formula is C14H21NO. The molecule has 88 valence electrons. The van der Waals surface area contributed by atoms with E-state index in [0.29, 0.717) is 6.04 Å². The van der Waals surface area contributed by atoms with Gasteiger partial charge in [-0.1, -0.05) is 18.2 Å². The van der Waals surface area contributed by atoms with Crippen LogP contribution < -0.4 is 0 Å². The first-order valence-corrected chi connectivity index (χ1v) is 5.96. The Balaban J connectivity index is 2.53. The number of benzene rings is 1. The maximum Gasteiger partial charge on any atom is 0.0843 e. The van der Waals surface area contributed by atoms with Crippen LogP contribution in [0.5, 0.6) is 0 Å². The summed E-state index contributed by atoms with van der Waals surface area (Å²) in [6.45, 7) is 7.03. The van der Waals surface area contributed by atoms with Gasteiger partial charge in [0.2, 0.25) is 0 Å². The van der Waals surface area contributed by atoms with Crippen molar-refractivity contribution in [2.75, 3.05) is 13.6 Å². The average Bonchev–Trinajstić information content (AvgIpc) is 2.21. The first-order valence-electron chi connectivity index (χ1n) is 5.96. The minimum absolute atomic E-state index is 0.450. The van der Waals surface area contributed by atoms with Crippen molar-refractivity contribution in [3.8, 4) is 0 Å². The highest BCUT2D eigenvalue weighted by Crippen LogP contribution is 2.34. The van der Waals surface area contributed by atoms with Gasteiger partial charge in [-0.25, -0.2) is 0 Å². The van der Waals surface area contributed by atoms with Gasteiger partial charge in [0.1, 0.15) is 0 Å². The number of hydrogen-bond acceptors (Lipinski definition) is 2. The highest BCUT2D eigenvalue weighted by Gasteiger charge is 2.27. The fourth-order valence-corrected chi connectivity index (χ4v) is 2.57. The molecule has 0 radical (unpaired) electrons. The van der Waals surface area contributed by atoms with Gasteiger partial charge < -0.3 is 5.11 Å². The Hall–Kier alpha value is -0.860. The normalized spacial score (nSPS) is 21.9. The molecule has 16 heavy (non-hydrogen) atoms. The van der Waals surface area contributed by atoms with Crippen molar-refractivity contribution in [1.29, 1.82) is 0 Å². The van der Waals surface area contributed by atoms with Crippen molar-refractivity contribution in [3.63, 3.8) is 0 Å². The molecule has 0 saturated heterocycles. The van der Waals surface area contributed by atoms with E-state index in [1.165, 1.54) is 11.1 Å². The fourth-order valence-electron chi connectivity index (χ4n) is 2.57. The number of aliphatic hydroxyl groups is 1. The van der Waals surface area contributed by atoms with E-state index in [0.717, 1.165) is 18.5 Å². The van der Waals surface area contributed by atoms with Gasteiger partial charge in [-0.15, -0.1) is 0 Å². The highest BCUT2D eigenvalue weighted by molar-refractivity contribution is 5.41. The lowest BCUT2D eigenvalue weighted by Crippen LogP contribution is -2.32. The van der Waals surface area contributed by atoms with Crippen molar-refractivity contribution in [2.45, 2.75) is 38.8 Å². The maximum absolute atomic E-state index is 10.2. The summed E-state index contributed by atoms with van der Waals surface area (Å²) in [5.41, 5.74) is 3.07. The topological polar surface area (TPSA) is 23.5 Å². The maximum atomic E-state index is 10.2. The zero-order valence-electron chi connectivity index (χ0n) is 10.6. The number of likely N-dealkylation sites (N-methyl/N-ethyl adjacent to an activating group) is 1. The van der Waals surface area contributed by atoms with Crippen molar-refractivity contribution in [3.05, 3.63) is 34.9 Å². The Morgan fingerprint density at radius 2 is 2.06 bits per heavy atom. The highest BCUT2D eigenvalue weighted by atomic mass is 16.3. The van der Waals surface area contributed by atoms with Crippen molar-refractivity contribution < 1.29 is 5.11 Å². The van der Waals surface area contributed by atoms with Crippen LogP contribution in [0.25, 0.3) is 0 Å². The first kappa shape index (κ1) is 11.6. The van der Waals surface area contributed by atoms with E-state index >= 15 is 0 Å².